The molecule has 3 aromatic rings. The summed E-state index contributed by atoms with van der Waals surface area (Å²) < 4.78 is 0. The molecule has 4 nitrogen and oxygen atoms in total. The number of rotatable bonds is 5. The van der Waals surface area contributed by atoms with Crippen LogP contribution < -0.4 is 10.9 Å². The molecule has 4 rings (SSSR count). The molecule has 29 heavy (non-hydrogen) atoms. The smallest absolute Gasteiger partial charge is 0.251 e. The molecule has 0 bridgehead atoms. The topological polar surface area (TPSA) is 62.0 Å². The first-order valence-corrected chi connectivity index (χ1v) is 11.1. The zero-order chi connectivity index (χ0) is 20.4. The van der Waals surface area contributed by atoms with E-state index in [0.29, 0.717) is 17.4 Å². The lowest BCUT2D eigenvalue weighted by Crippen LogP contribution is -2.19. The number of thioether (sulfide) groups is 1. The van der Waals surface area contributed by atoms with Crippen LogP contribution in [0.25, 0.3) is 10.9 Å². The Morgan fingerprint density at radius 3 is 2.52 bits per heavy atom. The summed E-state index contributed by atoms with van der Waals surface area (Å²) in [5.74, 6) is -0.0612. The average molecular weight is 407 g/mol. The molecule has 0 aliphatic heterocycles. The van der Waals surface area contributed by atoms with E-state index in [0.717, 1.165) is 47.7 Å². The predicted octanol–water partition coefficient (Wildman–Crippen LogP) is 5.09. The van der Waals surface area contributed by atoms with E-state index in [1.165, 1.54) is 10.5 Å². The van der Waals surface area contributed by atoms with Gasteiger partial charge in [0, 0.05) is 26.8 Å². The Morgan fingerprint density at radius 2 is 1.79 bits per heavy atom. The highest BCUT2D eigenvalue weighted by atomic mass is 32.2. The number of carbonyl (C=O) groups is 1. The number of carbonyl (C=O) groups excluding carboxylic acids is 1. The summed E-state index contributed by atoms with van der Waals surface area (Å²) in [4.78, 5) is 29.1. The Hall–Kier alpha value is -2.53. The maximum atomic E-state index is 12.5. The fourth-order valence-corrected chi connectivity index (χ4v) is 4.83. The lowest BCUT2D eigenvalue weighted by atomic mass is 9.90. The minimum absolute atomic E-state index is 0.00929. The van der Waals surface area contributed by atoms with Crippen molar-refractivity contribution in [1.29, 1.82) is 0 Å². The molecule has 150 valence electrons. The Bertz CT molecular complexity index is 1100. The Labute approximate surface area is 175 Å². The normalized spacial score (nSPS) is 13.5. The minimum atomic E-state index is -0.0612. The molecule has 0 fully saturated rings. The third-order valence-corrected chi connectivity index (χ3v) is 6.29. The number of aromatic nitrogens is 1. The molecule has 1 amide bonds. The van der Waals surface area contributed by atoms with Crippen LogP contribution in [0.15, 0.2) is 52.2 Å². The first-order valence-electron chi connectivity index (χ1n) is 10.2. The highest BCUT2D eigenvalue weighted by Gasteiger charge is 2.16. The Morgan fingerprint density at radius 1 is 1.07 bits per heavy atom. The first-order chi connectivity index (χ1) is 14.0. The van der Waals surface area contributed by atoms with Crippen LogP contribution in [0, 0.1) is 0 Å². The molecule has 2 N–H and O–H groups in total. The molecular formula is C24H26N2O2S. The monoisotopic (exact) mass is 406 g/mol. The van der Waals surface area contributed by atoms with Gasteiger partial charge in [-0.15, -0.1) is 11.8 Å². The lowest BCUT2D eigenvalue weighted by Gasteiger charge is -2.17. The van der Waals surface area contributed by atoms with E-state index in [4.69, 9.17) is 0 Å². The van der Waals surface area contributed by atoms with Gasteiger partial charge in [-0.05, 0) is 61.1 Å². The number of benzene rings is 2. The molecule has 2 aromatic carbocycles. The van der Waals surface area contributed by atoms with E-state index < -0.39 is 0 Å². The largest absolute Gasteiger partial charge is 0.326 e. The Balaban J connectivity index is 1.49. The predicted molar refractivity (Wildman–Crippen MR) is 121 cm³/mol. The fraction of sp³-hybridized carbons (Fsp3) is 0.333. The molecule has 0 spiro atoms. The Kier molecular flexibility index (Phi) is 5.76. The van der Waals surface area contributed by atoms with E-state index in [1.54, 1.807) is 0 Å². The third-order valence-electron chi connectivity index (χ3n) is 5.28. The quantitative estimate of drug-likeness (QED) is 0.580. The van der Waals surface area contributed by atoms with Crippen molar-refractivity contribution in [3.05, 3.63) is 69.5 Å². The van der Waals surface area contributed by atoms with Crippen LogP contribution in [0.2, 0.25) is 0 Å². The highest BCUT2D eigenvalue weighted by Crippen LogP contribution is 2.27. The average Bonchev–Trinajstić information content (AvgIpc) is 2.69. The molecule has 1 heterocycles. The van der Waals surface area contributed by atoms with Gasteiger partial charge in [0.25, 0.3) is 5.56 Å². The zero-order valence-electron chi connectivity index (χ0n) is 16.9. The summed E-state index contributed by atoms with van der Waals surface area (Å²) in [6.45, 7) is 4.33. The summed E-state index contributed by atoms with van der Waals surface area (Å²) in [5, 5.41) is 4.59. The maximum absolute atomic E-state index is 12.5. The first kappa shape index (κ1) is 19.8. The number of amides is 1. The van der Waals surface area contributed by atoms with Gasteiger partial charge in [0.1, 0.15) is 0 Å². The van der Waals surface area contributed by atoms with Crippen LogP contribution in [-0.4, -0.2) is 16.1 Å². The van der Waals surface area contributed by atoms with E-state index in [-0.39, 0.29) is 11.5 Å². The van der Waals surface area contributed by atoms with Crippen LogP contribution in [0.1, 0.15) is 43.4 Å². The molecule has 0 atom stereocenters. The number of H-pyrrole nitrogens is 1. The van der Waals surface area contributed by atoms with E-state index in [9.17, 15) is 9.59 Å². The summed E-state index contributed by atoms with van der Waals surface area (Å²) in [7, 11) is 0. The second-order valence-corrected chi connectivity index (χ2v) is 9.56. The van der Waals surface area contributed by atoms with Crippen LogP contribution >= 0.6 is 11.8 Å². The van der Waals surface area contributed by atoms with Crippen molar-refractivity contribution in [2.45, 2.75) is 56.1 Å². The van der Waals surface area contributed by atoms with Gasteiger partial charge < -0.3 is 10.3 Å². The molecule has 1 aromatic heterocycles. The molecule has 1 aliphatic carbocycles. The molecule has 0 saturated carbocycles. The van der Waals surface area contributed by atoms with Crippen molar-refractivity contribution in [2.24, 2.45) is 0 Å². The van der Waals surface area contributed by atoms with Crippen LogP contribution in [-0.2, 0) is 24.1 Å². The number of aryl methyl sites for hydroxylation is 1. The van der Waals surface area contributed by atoms with Crippen molar-refractivity contribution >= 4 is 34.3 Å². The van der Waals surface area contributed by atoms with Crippen molar-refractivity contribution in [2.75, 3.05) is 5.32 Å². The third kappa shape index (κ3) is 4.56. The van der Waals surface area contributed by atoms with Gasteiger partial charge in [-0.2, -0.15) is 0 Å². The van der Waals surface area contributed by atoms with E-state index in [1.807, 2.05) is 42.1 Å². The number of hydrogen-bond donors (Lipinski definition) is 2. The van der Waals surface area contributed by atoms with Gasteiger partial charge >= 0.3 is 0 Å². The second-order valence-electron chi connectivity index (χ2n) is 7.91. The number of aromatic amines is 1. The standard InChI is InChI=1S/C24H26N2O2S/c1-15(2)29-18-10-7-16(8-11-18)13-23(27)25-17-9-12-20-19-5-3-4-6-21(19)24(28)26-22(20)14-17/h7-12,14-15H,3-6,13H2,1-2H3,(H,25,27)(H,26,28). The van der Waals surface area contributed by atoms with Crippen molar-refractivity contribution in [1.82, 2.24) is 4.98 Å². The number of fused-ring (bicyclic) bond motifs is 3. The van der Waals surface area contributed by atoms with E-state index >= 15 is 0 Å². The van der Waals surface area contributed by atoms with Crippen LogP contribution in [0.5, 0.6) is 0 Å². The molecular weight excluding hydrogens is 380 g/mol. The summed E-state index contributed by atoms with van der Waals surface area (Å²) in [5.41, 5.74) is 4.60. The van der Waals surface area contributed by atoms with Crippen LogP contribution in [0.3, 0.4) is 0 Å². The van der Waals surface area contributed by atoms with Crippen molar-refractivity contribution < 1.29 is 4.79 Å². The summed E-state index contributed by atoms with van der Waals surface area (Å²) in [6, 6.07) is 14.0. The maximum Gasteiger partial charge on any atom is 0.251 e. The number of anilines is 1. The second kappa shape index (κ2) is 8.46. The summed E-state index contributed by atoms with van der Waals surface area (Å²) in [6.07, 6.45) is 4.33. The van der Waals surface area contributed by atoms with Crippen molar-refractivity contribution in [3.63, 3.8) is 0 Å². The van der Waals surface area contributed by atoms with Gasteiger partial charge in [0.05, 0.1) is 11.9 Å². The SMILES string of the molecule is CC(C)Sc1ccc(CC(=O)Nc2ccc3c4c(c(=O)[nH]c3c2)CCCC4)cc1. The van der Waals surface area contributed by atoms with Crippen LogP contribution in [0.4, 0.5) is 5.69 Å². The van der Waals surface area contributed by atoms with Gasteiger partial charge in [-0.3, -0.25) is 9.59 Å². The van der Waals surface area contributed by atoms with E-state index in [2.05, 4.69) is 36.3 Å². The van der Waals surface area contributed by atoms with Gasteiger partial charge in [-0.1, -0.05) is 32.0 Å². The molecule has 0 saturated heterocycles. The lowest BCUT2D eigenvalue weighted by molar-refractivity contribution is -0.115. The molecule has 1 aliphatic rings. The van der Waals surface area contributed by atoms with Gasteiger partial charge in [0.15, 0.2) is 0 Å². The molecule has 5 heteroatoms. The molecule has 0 unspecified atom stereocenters. The summed E-state index contributed by atoms with van der Waals surface area (Å²) >= 11 is 1.81. The molecule has 0 radical (unpaired) electrons. The van der Waals surface area contributed by atoms with Crippen molar-refractivity contribution in [3.8, 4) is 0 Å². The van der Waals surface area contributed by atoms with Gasteiger partial charge in [-0.25, -0.2) is 0 Å². The minimum Gasteiger partial charge on any atom is -0.326 e. The van der Waals surface area contributed by atoms with Gasteiger partial charge in [0.2, 0.25) is 5.91 Å². The number of pyridine rings is 1. The number of hydrogen-bond acceptors (Lipinski definition) is 3. The zero-order valence-corrected chi connectivity index (χ0v) is 17.7. The fourth-order valence-electron chi connectivity index (χ4n) is 3.99. The number of nitrogens with one attached hydrogen (secondary N) is 2. The highest BCUT2D eigenvalue weighted by molar-refractivity contribution is 7.99.